The predicted molar refractivity (Wildman–Crippen MR) is 121 cm³/mol. The normalized spacial score (nSPS) is 18.4. The Balaban J connectivity index is 1.22. The highest BCUT2D eigenvalue weighted by Crippen LogP contribution is 2.26. The second kappa shape index (κ2) is 10.1. The number of halogens is 1. The van der Waals surface area contributed by atoms with E-state index in [1.165, 1.54) is 12.1 Å². The number of likely N-dealkylation sites (tertiary alicyclic amines) is 2. The Labute approximate surface area is 188 Å². The molecule has 2 aromatic rings. The molecular formula is C25H30FN3O3. The van der Waals surface area contributed by atoms with E-state index in [1.54, 1.807) is 19.2 Å². The van der Waals surface area contributed by atoms with E-state index >= 15 is 0 Å². The van der Waals surface area contributed by atoms with Crippen molar-refractivity contribution in [2.75, 3.05) is 38.6 Å². The SMILES string of the molecule is COc1ccc(C(=O)N2CCC(N3CCC(C(=O)Nc4ccc(F)cc4)CC3)CC2)cc1. The van der Waals surface area contributed by atoms with E-state index in [-0.39, 0.29) is 23.5 Å². The minimum absolute atomic E-state index is 0.0103. The molecule has 0 unspecified atom stereocenters. The summed E-state index contributed by atoms with van der Waals surface area (Å²) in [5.41, 5.74) is 1.32. The topological polar surface area (TPSA) is 61.9 Å². The molecule has 6 nitrogen and oxygen atoms in total. The monoisotopic (exact) mass is 439 g/mol. The summed E-state index contributed by atoms with van der Waals surface area (Å²) in [5, 5.41) is 2.90. The second-order valence-electron chi connectivity index (χ2n) is 8.56. The minimum Gasteiger partial charge on any atom is -0.497 e. The molecule has 0 bridgehead atoms. The standard InChI is InChI=1S/C25H30FN3O3/c1-32-23-8-2-19(3-9-23)25(31)29-16-12-22(13-17-29)28-14-10-18(11-15-28)24(30)27-21-6-4-20(26)5-7-21/h2-9,18,22H,10-17H2,1H3,(H,27,30). The Morgan fingerprint density at radius 1 is 0.906 bits per heavy atom. The molecule has 0 aromatic heterocycles. The Morgan fingerprint density at radius 2 is 1.53 bits per heavy atom. The van der Waals surface area contributed by atoms with Crippen molar-refractivity contribution in [3.8, 4) is 5.75 Å². The maximum absolute atomic E-state index is 13.0. The molecular weight excluding hydrogens is 409 g/mol. The van der Waals surface area contributed by atoms with Crippen LogP contribution in [0.1, 0.15) is 36.0 Å². The molecule has 2 aliphatic heterocycles. The molecule has 2 aromatic carbocycles. The average molecular weight is 440 g/mol. The number of amides is 2. The zero-order chi connectivity index (χ0) is 22.5. The summed E-state index contributed by atoms with van der Waals surface area (Å²) in [5.74, 6) is 0.495. The van der Waals surface area contributed by atoms with E-state index in [4.69, 9.17) is 4.74 Å². The Kier molecular flexibility index (Phi) is 7.05. The van der Waals surface area contributed by atoms with Crippen molar-refractivity contribution < 1.29 is 18.7 Å². The molecule has 2 saturated heterocycles. The van der Waals surface area contributed by atoms with E-state index in [0.29, 0.717) is 17.3 Å². The highest BCUT2D eigenvalue weighted by atomic mass is 19.1. The molecule has 2 heterocycles. The highest BCUT2D eigenvalue weighted by Gasteiger charge is 2.32. The fraction of sp³-hybridized carbons (Fsp3) is 0.440. The second-order valence-corrected chi connectivity index (χ2v) is 8.56. The summed E-state index contributed by atoms with van der Waals surface area (Å²) in [6.07, 6.45) is 3.54. The molecule has 2 amide bonds. The van der Waals surface area contributed by atoms with Crippen LogP contribution in [0, 0.1) is 11.7 Å². The van der Waals surface area contributed by atoms with Gasteiger partial charge in [-0.2, -0.15) is 0 Å². The van der Waals surface area contributed by atoms with Gasteiger partial charge in [0.05, 0.1) is 7.11 Å². The number of ether oxygens (including phenoxy) is 1. The van der Waals surface area contributed by atoms with Crippen LogP contribution in [0.5, 0.6) is 5.75 Å². The van der Waals surface area contributed by atoms with Crippen LogP contribution in [0.4, 0.5) is 10.1 Å². The maximum Gasteiger partial charge on any atom is 0.253 e. The summed E-state index contributed by atoms with van der Waals surface area (Å²) in [4.78, 5) is 29.7. The van der Waals surface area contributed by atoms with Crippen LogP contribution in [0.2, 0.25) is 0 Å². The van der Waals surface area contributed by atoms with Crippen LogP contribution < -0.4 is 10.1 Å². The van der Waals surface area contributed by atoms with E-state index in [2.05, 4.69) is 10.2 Å². The van der Waals surface area contributed by atoms with Gasteiger partial charge < -0.3 is 19.9 Å². The molecule has 170 valence electrons. The highest BCUT2D eigenvalue weighted by molar-refractivity contribution is 5.94. The first-order chi connectivity index (χ1) is 15.5. The van der Waals surface area contributed by atoms with Crippen LogP contribution in [-0.4, -0.2) is 60.9 Å². The number of nitrogens with one attached hydrogen (secondary N) is 1. The van der Waals surface area contributed by atoms with Crippen LogP contribution >= 0.6 is 0 Å². The molecule has 2 fully saturated rings. The lowest BCUT2D eigenvalue weighted by atomic mass is 9.92. The number of nitrogens with zero attached hydrogens (tertiary/aromatic N) is 2. The van der Waals surface area contributed by atoms with E-state index in [9.17, 15) is 14.0 Å². The molecule has 0 atom stereocenters. The van der Waals surface area contributed by atoms with Crippen LogP contribution in [0.25, 0.3) is 0 Å². The first-order valence-corrected chi connectivity index (χ1v) is 11.3. The number of hydrogen-bond donors (Lipinski definition) is 1. The van der Waals surface area contributed by atoms with Crippen LogP contribution in [0.15, 0.2) is 48.5 Å². The van der Waals surface area contributed by atoms with E-state index < -0.39 is 0 Å². The summed E-state index contributed by atoms with van der Waals surface area (Å²) in [7, 11) is 1.61. The van der Waals surface area contributed by atoms with Gasteiger partial charge >= 0.3 is 0 Å². The third-order valence-corrected chi connectivity index (χ3v) is 6.62. The van der Waals surface area contributed by atoms with Crippen molar-refractivity contribution in [2.24, 2.45) is 5.92 Å². The minimum atomic E-state index is -0.312. The van der Waals surface area contributed by atoms with Gasteiger partial charge in [0.2, 0.25) is 5.91 Å². The zero-order valence-corrected chi connectivity index (χ0v) is 18.4. The number of benzene rings is 2. The summed E-state index contributed by atoms with van der Waals surface area (Å²) >= 11 is 0. The molecule has 2 aliphatic rings. The average Bonchev–Trinajstić information content (AvgIpc) is 2.85. The van der Waals surface area contributed by atoms with Crippen molar-refractivity contribution in [1.82, 2.24) is 9.80 Å². The van der Waals surface area contributed by atoms with Crippen molar-refractivity contribution in [1.29, 1.82) is 0 Å². The first-order valence-electron chi connectivity index (χ1n) is 11.3. The number of carbonyl (C=O) groups is 2. The number of hydrogen-bond acceptors (Lipinski definition) is 4. The first kappa shape index (κ1) is 22.3. The zero-order valence-electron chi connectivity index (χ0n) is 18.4. The Morgan fingerprint density at radius 3 is 2.12 bits per heavy atom. The van der Waals surface area contributed by atoms with E-state index in [1.807, 2.05) is 29.2 Å². The van der Waals surface area contributed by atoms with Gasteiger partial charge in [-0.05, 0) is 87.3 Å². The lowest BCUT2D eigenvalue weighted by molar-refractivity contribution is -0.121. The quantitative estimate of drug-likeness (QED) is 0.770. The fourth-order valence-electron chi connectivity index (χ4n) is 4.65. The largest absolute Gasteiger partial charge is 0.497 e. The predicted octanol–water partition coefficient (Wildman–Crippen LogP) is 3.79. The van der Waals surface area contributed by atoms with Gasteiger partial charge in [0.1, 0.15) is 11.6 Å². The van der Waals surface area contributed by atoms with Crippen molar-refractivity contribution in [2.45, 2.75) is 31.7 Å². The maximum atomic E-state index is 13.0. The van der Waals surface area contributed by atoms with Gasteiger partial charge in [-0.3, -0.25) is 9.59 Å². The number of rotatable bonds is 5. The lowest BCUT2D eigenvalue weighted by Crippen LogP contribution is -2.49. The Hall–Kier alpha value is -2.93. The van der Waals surface area contributed by atoms with Gasteiger partial charge in [-0.15, -0.1) is 0 Å². The third-order valence-electron chi connectivity index (χ3n) is 6.62. The van der Waals surface area contributed by atoms with Gasteiger partial charge in [0.15, 0.2) is 0 Å². The number of piperidine rings is 2. The van der Waals surface area contributed by atoms with Gasteiger partial charge in [0.25, 0.3) is 5.91 Å². The smallest absolute Gasteiger partial charge is 0.253 e. The summed E-state index contributed by atoms with van der Waals surface area (Å²) < 4.78 is 18.2. The number of anilines is 1. The van der Waals surface area contributed by atoms with Crippen molar-refractivity contribution in [3.63, 3.8) is 0 Å². The van der Waals surface area contributed by atoms with Crippen LogP contribution in [-0.2, 0) is 4.79 Å². The molecule has 0 aliphatic carbocycles. The Bertz CT molecular complexity index is 916. The summed E-state index contributed by atoms with van der Waals surface area (Å²) in [6, 6.07) is 13.6. The molecule has 0 radical (unpaired) electrons. The lowest BCUT2D eigenvalue weighted by Gasteiger charge is -2.41. The molecule has 0 saturated carbocycles. The van der Waals surface area contributed by atoms with Gasteiger partial charge in [-0.1, -0.05) is 0 Å². The van der Waals surface area contributed by atoms with Crippen LogP contribution in [0.3, 0.4) is 0 Å². The third kappa shape index (κ3) is 5.27. The summed E-state index contributed by atoms with van der Waals surface area (Å²) in [6.45, 7) is 3.28. The van der Waals surface area contributed by atoms with Crippen molar-refractivity contribution in [3.05, 3.63) is 59.9 Å². The van der Waals surface area contributed by atoms with E-state index in [0.717, 1.165) is 57.6 Å². The van der Waals surface area contributed by atoms with Gasteiger partial charge in [-0.25, -0.2) is 4.39 Å². The van der Waals surface area contributed by atoms with Crippen molar-refractivity contribution >= 4 is 17.5 Å². The molecule has 1 N–H and O–H groups in total. The number of methoxy groups -OCH3 is 1. The molecule has 7 heteroatoms. The molecule has 4 rings (SSSR count). The van der Waals surface area contributed by atoms with Gasteiger partial charge in [0, 0.05) is 36.3 Å². The fourth-order valence-corrected chi connectivity index (χ4v) is 4.65. The molecule has 0 spiro atoms. The molecule has 32 heavy (non-hydrogen) atoms. The number of carbonyl (C=O) groups excluding carboxylic acids is 2.